The molecule has 1 aliphatic rings. The maximum absolute atomic E-state index is 4.59. The molecule has 2 N–H and O–H groups in total. The first-order valence-electron chi connectivity index (χ1n) is 7.53. The first-order valence-corrected chi connectivity index (χ1v) is 7.53. The maximum Gasteiger partial charge on any atom is 0.109 e. The van der Waals surface area contributed by atoms with Crippen molar-refractivity contribution >= 4 is 0 Å². The van der Waals surface area contributed by atoms with Crippen LogP contribution in [0.1, 0.15) is 76.2 Å². The lowest BCUT2D eigenvalue weighted by molar-refractivity contribution is 0.443. The first-order chi connectivity index (χ1) is 8.75. The summed E-state index contributed by atoms with van der Waals surface area (Å²) in [4.78, 5) is 8.11. The van der Waals surface area contributed by atoms with Crippen LogP contribution in [0, 0.1) is 0 Å². The van der Waals surface area contributed by atoms with Crippen molar-refractivity contribution in [2.75, 3.05) is 0 Å². The number of nitrogens with one attached hydrogen (secondary N) is 2. The summed E-state index contributed by atoms with van der Waals surface area (Å²) in [5.74, 6) is 1.88. The van der Waals surface area contributed by atoms with Gasteiger partial charge in [0.05, 0.1) is 0 Å². The minimum absolute atomic E-state index is 0.526. The lowest BCUT2D eigenvalue weighted by atomic mass is 9.91. The summed E-state index contributed by atoms with van der Waals surface area (Å²) in [6.07, 6.45) is 11.6. The average Bonchev–Trinajstić information content (AvgIpc) is 2.74. The number of hydrogen-bond acceptors (Lipinski definition) is 2. The first kappa shape index (κ1) is 13.6. The monoisotopic (exact) mass is 249 g/mol. The second-order valence-corrected chi connectivity index (χ2v) is 5.87. The smallest absolute Gasteiger partial charge is 0.109 e. The van der Waals surface area contributed by atoms with E-state index in [1.807, 2.05) is 6.20 Å². The van der Waals surface area contributed by atoms with Crippen LogP contribution in [0.2, 0.25) is 0 Å². The van der Waals surface area contributed by atoms with Crippen LogP contribution >= 0.6 is 0 Å². The number of hydrogen-bond donors (Lipinski definition) is 2. The number of H-pyrrole nitrogens is 1. The molecule has 0 bridgehead atoms. The highest BCUT2D eigenvalue weighted by atomic mass is 15.0. The van der Waals surface area contributed by atoms with Crippen LogP contribution in [0.25, 0.3) is 0 Å². The second-order valence-electron chi connectivity index (χ2n) is 5.87. The predicted octanol–water partition coefficient (Wildman–Crippen LogP) is 3.74. The summed E-state index contributed by atoms with van der Waals surface area (Å²) in [7, 11) is 0. The molecule has 0 atom stereocenters. The van der Waals surface area contributed by atoms with Crippen molar-refractivity contribution in [1.29, 1.82) is 0 Å². The highest BCUT2D eigenvalue weighted by Crippen LogP contribution is 2.29. The zero-order valence-electron chi connectivity index (χ0n) is 11.8. The van der Waals surface area contributed by atoms with Gasteiger partial charge in [0.15, 0.2) is 0 Å². The van der Waals surface area contributed by atoms with Gasteiger partial charge in [-0.1, -0.05) is 46.0 Å². The van der Waals surface area contributed by atoms with Gasteiger partial charge < -0.3 is 10.3 Å². The van der Waals surface area contributed by atoms with Crippen LogP contribution in [-0.4, -0.2) is 16.0 Å². The molecule has 1 aliphatic carbocycles. The molecular weight excluding hydrogens is 222 g/mol. The summed E-state index contributed by atoms with van der Waals surface area (Å²) in [5, 5.41) is 3.43. The summed E-state index contributed by atoms with van der Waals surface area (Å²) < 4.78 is 0. The van der Waals surface area contributed by atoms with Gasteiger partial charge in [0.25, 0.3) is 0 Å². The number of aromatic nitrogens is 2. The largest absolute Gasteiger partial charge is 0.345 e. The van der Waals surface area contributed by atoms with Gasteiger partial charge in [-0.05, 0) is 12.8 Å². The number of nitrogens with zero attached hydrogens (tertiary/aromatic N) is 1. The van der Waals surface area contributed by atoms with E-state index < -0.39 is 0 Å². The number of imidazole rings is 1. The molecule has 1 saturated carbocycles. The number of rotatable bonds is 4. The number of aromatic amines is 1. The summed E-state index contributed by atoms with van der Waals surface area (Å²) in [5.41, 5.74) is 1.22. The molecule has 102 valence electrons. The third-order valence-corrected chi connectivity index (χ3v) is 3.84. The van der Waals surface area contributed by atoms with Crippen LogP contribution in [-0.2, 0) is 6.54 Å². The van der Waals surface area contributed by atoms with Crippen LogP contribution < -0.4 is 5.32 Å². The van der Waals surface area contributed by atoms with Crippen molar-refractivity contribution < 1.29 is 0 Å². The van der Waals surface area contributed by atoms with Gasteiger partial charge in [-0.2, -0.15) is 0 Å². The molecule has 3 nitrogen and oxygen atoms in total. The van der Waals surface area contributed by atoms with Crippen molar-refractivity contribution in [3.8, 4) is 0 Å². The molecule has 18 heavy (non-hydrogen) atoms. The maximum atomic E-state index is 4.59. The third kappa shape index (κ3) is 4.13. The third-order valence-electron chi connectivity index (χ3n) is 3.84. The SMILES string of the molecule is CC(C)NCc1cnc(C2CCCCCCC2)[nH]1. The van der Waals surface area contributed by atoms with Crippen molar-refractivity contribution in [2.45, 2.75) is 77.3 Å². The molecular formula is C15H27N3. The van der Waals surface area contributed by atoms with E-state index >= 15 is 0 Å². The Morgan fingerprint density at radius 3 is 2.56 bits per heavy atom. The Labute approximate surface area is 111 Å². The molecule has 0 saturated heterocycles. The van der Waals surface area contributed by atoms with E-state index in [0.29, 0.717) is 12.0 Å². The lowest BCUT2D eigenvalue weighted by Gasteiger charge is -2.17. The Balaban J connectivity index is 1.90. The predicted molar refractivity (Wildman–Crippen MR) is 75.6 cm³/mol. The highest BCUT2D eigenvalue weighted by molar-refractivity contribution is 5.05. The van der Waals surface area contributed by atoms with Gasteiger partial charge in [-0.25, -0.2) is 4.98 Å². The fraction of sp³-hybridized carbons (Fsp3) is 0.800. The van der Waals surface area contributed by atoms with Gasteiger partial charge in [-0.15, -0.1) is 0 Å². The zero-order chi connectivity index (χ0) is 12.8. The zero-order valence-corrected chi connectivity index (χ0v) is 11.8. The molecule has 3 heteroatoms. The van der Waals surface area contributed by atoms with E-state index in [4.69, 9.17) is 0 Å². The molecule has 1 aromatic rings. The van der Waals surface area contributed by atoms with Gasteiger partial charge >= 0.3 is 0 Å². The molecule has 1 aromatic heterocycles. The second kappa shape index (κ2) is 6.93. The Bertz CT molecular complexity index is 335. The molecule has 2 rings (SSSR count). The van der Waals surface area contributed by atoms with Gasteiger partial charge in [0.2, 0.25) is 0 Å². The Hall–Kier alpha value is -0.830. The molecule has 0 radical (unpaired) electrons. The van der Waals surface area contributed by atoms with Crippen LogP contribution in [0.5, 0.6) is 0 Å². The minimum atomic E-state index is 0.526. The van der Waals surface area contributed by atoms with Crippen LogP contribution in [0.4, 0.5) is 0 Å². The molecule has 1 heterocycles. The molecule has 1 fully saturated rings. The summed E-state index contributed by atoms with van der Waals surface area (Å²) >= 11 is 0. The molecule has 0 unspecified atom stereocenters. The van der Waals surface area contributed by atoms with Gasteiger partial charge in [-0.3, -0.25) is 0 Å². The normalized spacial score (nSPS) is 18.8. The van der Waals surface area contributed by atoms with Crippen molar-refractivity contribution in [3.05, 3.63) is 17.7 Å². The van der Waals surface area contributed by atoms with Crippen molar-refractivity contribution in [1.82, 2.24) is 15.3 Å². The molecule has 0 aromatic carbocycles. The van der Waals surface area contributed by atoms with E-state index in [9.17, 15) is 0 Å². The molecule has 0 amide bonds. The van der Waals surface area contributed by atoms with Crippen LogP contribution in [0.15, 0.2) is 6.20 Å². The van der Waals surface area contributed by atoms with E-state index in [2.05, 4.69) is 29.1 Å². The molecule has 0 aliphatic heterocycles. The summed E-state index contributed by atoms with van der Waals surface area (Å²) in [6, 6.07) is 0.526. The standard InChI is InChI=1S/C15H27N3/c1-12(2)16-10-14-11-17-15(18-14)13-8-6-4-3-5-7-9-13/h11-13,16H,3-10H2,1-2H3,(H,17,18). The quantitative estimate of drug-likeness (QED) is 0.853. The minimum Gasteiger partial charge on any atom is -0.345 e. The van der Waals surface area contributed by atoms with Gasteiger partial charge in [0.1, 0.15) is 5.82 Å². The van der Waals surface area contributed by atoms with Crippen LogP contribution in [0.3, 0.4) is 0 Å². The fourth-order valence-corrected chi connectivity index (χ4v) is 2.72. The van der Waals surface area contributed by atoms with E-state index in [1.54, 1.807) is 0 Å². The average molecular weight is 249 g/mol. The molecule has 0 spiro atoms. The fourth-order valence-electron chi connectivity index (χ4n) is 2.72. The Kier molecular flexibility index (Phi) is 5.24. The van der Waals surface area contributed by atoms with E-state index in [1.165, 1.54) is 56.5 Å². The highest BCUT2D eigenvalue weighted by Gasteiger charge is 2.16. The van der Waals surface area contributed by atoms with Gasteiger partial charge in [0, 0.05) is 30.4 Å². The Morgan fingerprint density at radius 2 is 1.89 bits per heavy atom. The Morgan fingerprint density at radius 1 is 1.22 bits per heavy atom. The lowest BCUT2D eigenvalue weighted by Crippen LogP contribution is -2.22. The van der Waals surface area contributed by atoms with E-state index in [0.717, 1.165) is 6.54 Å². The van der Waals surface area contributed by atoms with Crippen molar-refractivity contribution in [3.63, 3.8) is 0 Å². The van der Waals surface area contributed by atoms with Crippen molar-refractivity contribution in [2.24, 2.45) is 0 Å². The summed E-state index contributed by atoms with van der Waals surface area (Å²) in [6.45, 7) is 5.25. The van der Waals surface area contributed by atoms with E-state index in [-0.39, 0.29) is 0 Å². The topological polar surface area (TPSA) is 40.7 Å².